The Morgan fingerprint density at radius 2 is 1.70 bits per heavy atom. The predicted molar refractivity (Wildman–Crippen MR) is 95.0 cm³/mol. The second kappa shape index (κ2) is 6.92. The smallest absolute Gasteiger partial charge is 0.135 e. The quantitative estimate of drug-likeness (QED) is 0.768. The van der Waals surface area contributed by atoms with E-state index in [4.69, 9.17) is 0 Å². The van der Waals surface area contributed by atoms with E-state index >= 15 is 0 Å². The van der Waals surface area contributed by atoms with Gasteiger partial charge in [-0.1, -0.05) is 48.0 Å². The molecule has 1 heterocycles. The summed E-state index contributed by atoms with van der Waals surface area (Å²) in [4.78, 5) is 10.8. The van der Waals surface area contributed by atoms with Crippen LogP contribution in [0, 0.1) is 6.92 Å². The zero-order valence-corrected chi connectivity index (χ0v) is 13.4. The third-order valence-corrected chi connectivity index (χ3v) is 3.63. The molecule has 116 valence electrons. The molecule has 0 unspecified atom stereocenters. The van der Waals surface area contributed by atoms with Gasteiger partial charge < -0.3 is 10.2 Å². The fraction of sp³-hybridized carbons (Fsp3) is 0.158. The van der Waals surface area contributed by atoms with E-state index in [2.05, 4.69) is 51.4 Å². The highest BCUT2D eigenvalue weighted by Gasteiger charge is 2.05. The van der Waals surface area contributed by atoms with Gasteiger partial charge in [0, 0.05) is 25.3 Å². The second-order valence-corrected chi connectivity index (χ2v) is 5.59. The molecule has 0 atom stereocenters. The first-order valence-electron chi connectivity index (χ1n) is 7.61. The van der Waals surface area contributed by atoms with Crippen LogP contribution in [0.1, 0.15) is 11.1 Å². The molecule has 1 N–H and O–H groups in total. The van der Waals surface area contributed by atoms with Gasteiger partial charge in [-0.05, 0) is 24.6 Å². The molecule has 23 heavy (non-hydrogen) atoms. The van der Waals surface area contributed by atoms with Crippen molar-refractivity contribution in [3.8, 4) is 0 Å². The first-order valence-corrected chi connectivity index (χ1v) is 7.61. The van der Waals surface area contributed by atoms with Gasteiger partial charge in [0.05, 0.1) is 0 Å². The van der Waals surface area contributed by atoms with Crippen LogP contribution in [0.25, 0.3) is 0 Å². The monoisotopic (exact) mass is 304 g/mol. The van der Waals surface area contributed by atoms with E-state index < -0.39 is 0 Å². The molecule has 0 aliphatic rings. The van der Waals surface area contributed by atoms with Crippen LogP contribution in [0.3, 0.4) is 0 Å². The maximum absolute atomic E-state index is 4.37. The third-order valence-electron chi connectivity index (χ3n) is 3.63. The molecule has 0 saturated heterocycles. The van der Waals surface area contributed by atoms with Crippen molar-refractivity contribution in [3.63, 3.8) is 0 Å². The number of benzene rings is 2. The normalized spacial score (nSPS) is 10.3. The van der Waals surface area contributed by atoms with Crippen LogP contribution >= 0.6 is 0 Å². The molecule has 0 fully saturated rings. The lowest BCUT2D eigenvalue weighted by atomic mass is 10.2. The van der Waals surface area contributed by atoms with Crippen LogP contribution in [0.4, 0.5) is 17.3 Å². The Hall–Kier alpha value is -2.88. The van der Waals surface area contributed by atoms with Gasteiger partial charge in [0.25, 0.3) is 0 Å². The Bertz CT molecular complexity index is 754. The number of nitrogens with zero attached hydrogens (tertiary/aromatic N) is 3. The maximum atomic E-state index is 4.37. The SMILES string of the molecule is Cc1ccc(Nc2cc(N(C)Cc3ccccc3)ncn2)cc1. The van der Waals surface area contributed by atoms with Gasteiger partial charge in [0.1, 0.15) is 18.0 Å². The molecule has 3 rings (SSSR count). The van der Waals surface area contributed by atoms with E-state index in [9.17, 15) is 0 Å². The molecule has 4 nitrogen and oxygen atoms in total. The number of rotatable bonds is 5. The fourth-order valence-corrected chi connectivity index (χ4v) is 2.35. The summed E-state index contributed by atoms with van der Waals surface area (Å²) in [6.45, 7) is 2.88. The summed E-state index contributed by atoms with van der Waals surface area (Å²) in [6, 6.07) is 20.6. The molecule has 2 aromatic carbocycles. The van der Waals surface area contributed by atoms with Crippen LogP contribution in [-0.2, 0) is 6.54 Å². The van der Waals surface area contributed by atoms with Crippen molar-refractivity contribution in [3.05, 3.63) is 78.1 Å². The van der Waals surface area contributed by atoms with Crippen molar-refractivity contribution >= 4 is 17.3 Å². The van der Waals surface area contributed by atoms with Crippen LogP contribution in [-0.4, -0.2) is 17.0 Å². The molecule has 0 aliphatic carbocycles. The molecule has 0 spiro atoms. The number of anilines is 3. The molecule has 0 amide bonds. The molecule has 4 heteroatoms. The summed E-state index contributed by atoms with van der Waals surface area (Å²) in [6.07, 6.45) is 1.59. The number of hydrogen-bond donors (Lipinski definition) is 1. The minimum absolute atomic E-state index is 0.791. The molecule has 0 saturated carbocycles. The molecular weight excluding hydrogens is 284 g/mol. The fourth-order valence-electron chi connectivity index (χ4n) is 2.35. The van der Waals surface area contributed by atoms with Crippen molar-refractivity contribution < 1.29 is 0 Å². The second-order valence-electron chi connectivity index (χ2n) is 5.59. The third kappa shape index (κ3) is 4.07. The van der Waals surface area contributed by atoms with E-state index in [0.717, 1.165) is 23.9 Å². The molecule has 0 aliphatic heterocycles. The van der Waals surface area contributed by atoms with Gasteiger partial charge in [-0.3, -0.25) is 0 Å². The lowest BCUT2D eigenvalue weighted by Gasteiger charge is -2.18. The Labute approximate surface area is 136 Å². The highest BCUT2D eigenvalue weighted by molar-refractivity contribution is 5.59. The first kappa shape index (κ1) is 15.0. The average molecular weight is 304 g/mol. The van der Waals surface area contributed by atoms with Gasteiger partial charge in [-0.15, -0.1) is 0 Å². The van der Waals surface area contributed by atoms with Crippen LogP contribution in [0.5, 0.6) is 0 Å². The minimum Gasteiger partial charge on any atom is -0.355 e. The van der Waals surface area contributed by atoms with E-state index in [1.54, 1.807) is 6.33 Å². The van der Waals surface area contributed by atoms with Gasteiger partial charge >= 0.3 is 0 Å². The number of aromatic nitrogens is 2. The van der Waals surface area contributed by atoms with Crippen LogP contribution in [0.15, 0.2) is 67.0 Å². The van der Waals surface area contributed by atoms with Crippen molar-refractivity contribution in [1.29, 1.82) is 0 Å². The summed E-state index contributed by atoms with van der Waals surface area (Å²) in [5, 5.41) is 3.31. The van der Waals surface area contributed by atoms with Gasteiger partial charge in [0.2, 0.25) is 0 Å². The van der Waals surface area contributed by atoms with E-state index in [1.807, 2.05) is 43.4 Å². The maximum Gasteiger partial charge on any atom is 0.135 e. The molecule has 0 radical (unpaired) electrons. The first-order chi connectivity index (χ1) is 11.2. The van der Waals surface area contributed by atoms with E-state index in [1.165, 1.54) is 11.1 Å². The average Bonchev–Trinajstić information content (AvgIpc) is 2.58. The van der Waals surface area contributed by atoms with Crippen molar-refractivity contribution in [1.82, 2.24) is 9.97 Å². The summed E-state index contributed by atoms with van der Waals surface area (Å²) in [5.74, 6) is 1.68. The number of nitrogens with one attached hydrogen (secondary N) is 1. The Morgan fingerprint density at radius 1 is 0.957 bits per heavy atom. The Kier molecular flexibility index (Phi) is 4.52. The van der Waals surface area contributed by atoms with Crippen LogP contribution < -0.4 is 10.2 Å². The van der Waals surface area contributed by atoms with Crippen molar-refractivity contribution in [2.75, 3.05) is 17.3 Å². The number of aryl methyl sites for hydroxylation is 1. The summed E-state index contributed by atoms with van der Waals surface area (Å²) >= 11 is 0. The van der Waals surface area contributed by atoms with Gasteiger partial charge in [-0.25, -0.2) is 9.97 Å². The predicted octanol–water partition coefficient (Wildman–Crippen LogP) is 4.17. The minimum atomic E-state index is 0.791. The molecule has 3 aromatic rings. The molecule has 0 bridgehead atoms. The van der Waals surface area contributed by atoms with Crippen LogP contribution in [0.2, 0.25) is 0 Å². The highest BCUT2D eigenvalue weighted by atomic mass is 15.2. The molecule has 1 aromatic heterocycles. The molecular formula is C19H20N4. The van der Waals surface area contributed by atoms with Gasteiger partial charge in [-0.2, -0.15) is 0 Å². The Morgan fingerprint density at radius 3 is 2.43 bits per heavy atom. The zero-order chi connectivity index (χ0) is 16.1. The van der Waals surface area contributed by atoms with Gasteiger partial charge in [0.15, 0.2) is 0 Å². The largest absolute Gasteiger partial charge is 0.355 e. The topological polar surface area (TPSA) is 41.0 Å². The van der Waals surface area contributed by atoms with E-state index in [-0.39, 0.29) is 0 Å². The van der Waals surface area contributed by atoms with E-state index in [0.29, 0.717) is 0 Å². The summed E-state index contributed by atoms with van der Waals surface area (Å²) < 4.78 is 0. The lowest BCUT2D eigenvalue weighted by Crippen LogP contribution is -2.17. The number of hydrogen-bond acceptors (Lipinski definition) is 4. The standard InChI is InChI=1S/C19H20N4/c1-15-8-10-17(11-9-15)22-18-12-19(21-14-20-18)23(2)13-16-6-4-3-5-7-16/h3-12,14H,13H2,1-2H3,(H,20,21,22). The van der Waals surface area contributed by atoms with Crippen molar-refractivity contribution in [2.24, 2.45) is 0 Å². The highest BCUT2D eigenvalue weighted by Crippen LogP contribution is 2.19. The lowest BCUT2D eigenvalue weighted by molar-refractivity contribution is 0.892. The summed E-state index contributed by atoms with van der Waals surface area (Å²) in [5.41, 5.74) is 3.51. The summed E-state index contributed by atoms with van der Waals surface area (Å²) in [7, 11) is 2.03. The zero-order valence-electron chi connectivity index (χ0n) is 13.4. The Balaban J connectivity index is 1.72. The van der Waals surface area contributed by atoms with Crippen molar-refractivity contribution in [2.45, 2.75) is 13.5 Å².